The lowest BCUT2D eigenvalue weighted by molar-refractivity contribution is -0.115. The maximum absolute atomic E-state index is 11.5. The summed E-state index contributed by atoms with van der Waals surface area (Å²) >= 11 is 10.8. The van der Waals surface area contributed by atoms with Crippen molar-refractivity contribution in [3.8, 4) is 0 Å². The number of hydrogen-bond donors (Lipinski definition) is 0. The molecule has 1 fully saturated rings. The Labute approximate surface area is 166 Å². The van der Waals surface area contributed by atoms with Crippen molar-refractivity contribution in [3.05, 3.63) is 71.4 Å². The number of aliphatic imine (C=N–C) groups is 1. The largest absolute Gasteiger partial charge is 0.273 e. The van der Waals surface area contributed by atoms with Gasteiger partial charge in [-0.15, -0.1) is 0 Å². The smallest absolute Gasteiger partial charge is 0.242 e. The van der Waals surface area contributed by atoms with Gasteiger partial charge < -0.3 is 0 Å². The third-order valence-electron chi connectivity index (χ3n) is 3.10. The van der Waals surface area contributed by atoms with Crippen molar-refractivity contribution in [2.24, 2.45) is 4.99 Å². The number of carbonyl (C=O) groups excluding carboxylic acids is 1. The molecule has 0 atom stereocenters. The number of benzene rings is 2. The van der Waals surface area contributed by atoms with Gasteiger partial charge in [-0.2, -0.15) is 4.99 Å². The van der Waals surface area contributed by atoms with Crippen LogP contribution in [0.1, 0.15) is 0 Å². The van der Waals surface area contributed by atoms with Gasteiger partial charge in [0.2, 0.25) is 5.91 Å². The monoisotopic (exact) mass is 394 g/mol. The van der Waals surface area contributed by atoms with E-state index in [9.17, 15) is 4.79 Å². The van der Waals surface area contributed by atoms with Crippen molar-refractivity contribution in [2.75, 3.05) is 10.7 Å². The quantitative estimate of drug-likeness (QED) is 0.379. The molecule has 1 aliphatic rings. The zero-order valence-electron chi connectivity index (χ0n) is 13.2. The molecular formula is C18H10N4OS3. The van der Waals surface area contributed by atoms with Crippen LogP contribution in [0.25, 0.3) is 9.69 Å². The van der Waals surface area contributed by atoms with E-state index in [4.69, 9.17) is 25.4 Å². The molecule has 2 aromatic rings. The fourth-order valence-corrected chi connectivity index (χ4v) is 3.19. The summed E-state index contributed by atoms with van der Waals surface area (Å²) < 4.78 is 0.558. The SMILES string of the molecule is [C-]#[N+]c1cccc(N2C(=O)CSC2=S)c1.[C-]#[N+]c1cccc(N=C=S)c1. The van der Waals surface area contributed by atoms with Gasteiger partial charge >= 0.3 is 0 Å². The average molecular weight is 395 g/mol. The Balaban J connectivity index is 0.000000197. The lowest BCUT2D eigenvalue weighted by Crippen LogP contribution is -2.27. The van der Waals surface area contributed by atoms with Gasteiger partial charge in [-0.25, -0.2) is 9.69 Å². The molecule has 1 aliphatic heterocycles. The van der Waals surface area contributed by atoms with Crippen LogP contribution in [0.3, 0.4) is 0 Å². The van der Waals surface area contributed by atoms with Crippen molar-refractivity contribution in [1.29, 1.82) is 0 Å². The first-order chi connectivity index (χ1) is 12.6. The minimum Gasteiger partial charge on any atom is -0.273 e. The number of thiocarbonyl (C=S) groups is 2. The Bertz CT molecular complexity index is 968. The number of rotatable bonds is 2. The highest BCUT2D eigenvalue weighted by Gasteiger charge is 2.27. The van der Waals surface area contributed by atoms with Gasteiger partial charge in [-0.05, 0) is 36.5 Å². The van der Waals surface area contributed by atoms with E-state index in [2.05, 4.69) is 32.1 Å². The van der Waals surface area contributed by atoms with Gasteiger partial charge in [0.05, 0.1) is 29.7 Å². The second-order valence-electron chi connectivity index (χ2n) is 4.75. The lowest BCUT2D eigenvalue weighted by atomic mass is 10.2. The summed E-state index contributed by atoms with van der Waals surface area (Å²) in [5.41, 5.74) is 2.44. The van der Waals surface area contributed by atoms with Crippen molar-refractivity contribution in [2.45, 2.75) is 0 Å². The Morgan fingerprint density at radius 2 is 1.77 bits per heavy atom. The summed E-state index contributed by atoms with van der Waals surface area (Å²) in [5, 5.41) is 2.24. The molecule has 0 spiro atoms. The first kappa shape index (κ1) is 19.5. The van der Waals surface area contributed by atoms with Crippen LogP contribution in [0.2, 0.25) is 0 Å². The summed E-state index contributed by atoms with van der Waals surface area (Å²) in [6.07, 6.45) is 0. The molecule has 5 nitrogen and oxygen atoms in total. The van der Waals surface area contributed by atoms with Crippen LogP contribution < -0.4 is 4.90 Å². The molecule has 0 saturated carbocycles. The Morgan fingerprint density at radius 3 is 2.35 bits per heavy atom. The fourth-order valence-electron chi connectivity index (χ4n) is 1.99. The van der Waals surface area contributed by atoms with Crippen LogP contribution in [-0.4, -0.2) is 21.1 Å². The highest BCUT2D eigenvalue weighted by atomic mass is 32.2. The zero-order chi connectivity index (χ0) is 18.9. The minimum atomic E-state index is -0.0212. The third-order valence-corrected chi connectivity index (χ3v) is 4.55. The number of thioether (sulfide) groups is 1. The predicted octanol–water partition coefficient (Wildman–Crippen LogP) is 5.57. The van der Waals surface area contributed by atoms with E-state index in [0.717, 1.165) is 0 Å². The van der Waals surface area contributed by atoms with Crippen LogP contribution >= 0.6 is 36.2 Å². The summed E-state index contributed by atoms with van der Waals surface area (Å²) in [5.74, 6) is 0.369. The first-order valence-corrected chi connectivity index (χ1v) is 8.92. The molecule has 0 aliphatic carbocycles. The van der Waals surface area contributed by atoms with Crippen LogP contribution in [0.5, 0.6) is 0 Å². The molecule has 0 bridgehead atoms. The summed E-state index contributed by atoms with van der Waals surface area (Å²) in [4.78, 5) is 23.3. The molecule has 0 radical (unpaired) electrons. The maximum atomic E-state index is 11.5. The molecule has 1 amide bonds. The van der Waals surface area contributed by atoms with E-state index in [0.29, 0.717) is 32.8 Å². The van der Waals surface area contributed by atoms with Crippen LogP contribution in [0.15, 0.2) is 53.5 Å². The van der Waals surface area contributed by atoms with Crippen molar-refractivity contribution < 1.29 is 4.79 Å². The number of hydrogen-bond acceptors (Lipinski definition) is 5. The minimum absolute atomic E-state index is 0.0212. The standard InChI is InChI=1S/C10H6N2OS2.C8H4N2S/c1-11-7-3-2-4-8(5-7)12-9(13)6-15-10(12)14;1-9-7-3-2-4-8(5-7)10-6-11/h2-5H,6H2;2-5H. The van der Waals surface area contributed by atoms with E-state index in [1.807, 2.05) is 0 Å². The second-order valence-corrected chi connectivity index (χ2v) is 6.54. The second kappa shape index (κ2) is 9.57. The number of amides is 1. The molecule has 0 N–H and O–H groups in total. The van der Waals surface area contributed by atoms with Crippen LogP contribution in [0, 0.1) is 13.1 Å². The topological polar surface area (TPSA) is 41.4 Å². The molecule has 0 aromatic heterocycles. The van der Waals surface area contributed by atoms with E-state index in [-0.39, 0.29) is 5.91 Å². The van der Waals surface area contributed by atoms with Gasteiger partial charge in [0.1, 0.15) is 4.32 Å². The molecule has 1 saturated heterocycles. The van der Waals surface area contributed by atoms with Gasteiger partial charge in [0.25, 0.3) is 0 Å². The van der Waals surface area contributed by atoms with Crippen LogP contribution in [0.4, 0.5) is 22.7 Å². The highest BCUT2D eigenvalue weighted by Crippen LogP contribution is 2.29. The van der Waals surface area contributed by atoms with Crippen molar-refractivity contribution >= 4 is 74.3 Å². The van der Waals surface area contributed by atoms with Gasteiger partial charge in [-0.3, -0.25) is 9.69 Å². The maximum Gasteiger partial charge on any atom is 0.242 e. The fraction of sp³-hybridized carbons (Fsp3) is 0.0556. The lowest BCUT2D eigenvalue weighted by Gasteiger charge is -2.14. The van der Waals surface area contributed by atoms with E-state index >= 15 is 0 Å². The Kier molecular flexibility index (Phi) is 7.16. The molecule has 126 valence electrons. The normalized spacial score (nSPS) is 12.3. The van der Waals surface area contributed by atoms with E-state index < -0.39 is 0 Å². The molecule has 26 heavy (non-hydrogen) atoms. The van der Waals surface area contributed by atoms with E-state index in [1.165, 1.54) is 16.7 Å². The number of isothiocyanates is 1. The number of anilines is 1. The number of nitrogens with zero attached hydrogens (tertiary/aromatic N) is 4. The predicted molar refractivity (Wildman–Crippen MR) is 113 cm³/mol. The summed E-state index contributed by atoms with van der Waals surface area (Å²) in [7, 11) is 0. The van der Waals surface area contributed by atoms with Gasteiger partial charge in [-0.1, -0.05) is 48.2 Å². The molecule has 3 rings (SSSR count). The van der Waals surface area contributed by atoms with Gasteiger partial charge in [0.15, 0.2) is 11.4 Å². The Morgan fingerprint density at radius 1 is 1.12 bits per heavy atom. The Hall–Kier alpha value is -2.87. The molecule has 0 unspecified atom stereocenters. The van der Waals surface area contributed by atoms with Crippen molar-refractivity contribution in [3.63, 3.8) is 0 Å². The third kappa shape index (κ3) is 5.06. The average Bonchev–Trinajstić information content (AvgIpc) is 3.01. The first-order valence-electron chi connectivity index (χ1n) is 7.11. The molecular weight excluding hydrogens is 384 g/mol. The molecule has 8 heteroatoms. The number of carbonyl (C=O) groups is 1. The van der Waals surface area contributed by atoms with E-state index in [1.54, 1.807) is 48.5 Å². The van der Waals surface area contributed by atoms with Gasteiger partial charge in [0, 0.05) is 5.69 Å². The molecule has 1 heterocycles. The zero-order valence-corrected chi connectivity index (χ0v) is 15.7. The highest BCUT2D eigenvalue weighted by molar-refractivity contribution is 8.24. The van der Waals surface area contributed by atoms with Crippen LogP contribution in [-0.2, 0) is 4.79 Å². The molecule has 2 aromatic carbocycles. The van der Waals surface area contributed by atoms with Crippen molar-refractivity contribution in [1.82, 2.24) is 0 Å². The summed E-state index contributed by atoms with van der Waals surface area (Å²) in [6.45, 7) is 13.6. The summed E-state index contributed by atoms with van der Waals surface area (Å²) in [6, 6.07) is 13.8.